The number of hydrogen-bond donors (Lipinski definition) is 1. The highest BCUT2D eigenvalue weighted by molar-refractivity contribution is 5.32. The molecule has 14 heavy (non-hydrogen) atoms. The number of aryl methyl sites for hydroxylation is 2. The minimum atomic E-state index is -0.651. The van der Waals surface area contributed by atoms with Gasteiger partial charge in [-0.2, -0.15) is 0 Å². The second-order valence-electron chi connectivity index (χ2n) is 4.72. The topological polar surface area (TPSA) is 20.2 Å². The van der Waals surface area contributed by atoms with Crippen LogP contribution in [0.25, 0.3) is 0 Å². The SMILES string of the molecule is Cc1ccc([C@@H](C)C(C)(C)O)cc1C. The van der Waals surface area contributed by atoms with Gasteiger partial charge in [0.2, 0.25) is 0 Å². The summed E-state index contributed by atoms with van der Waals surface area (Å²) in [6, 6.07) is 6.38. The van der Waals surface area contributed by atoms with Crippen LogP contribution in [-0.2, 0) is 0 Å². The van der Waals surface area contributed by atoms with Crippen LogP contribution in [0.1, 0.15) is 43.4 Å². The number of rotatable bonds is 2. The predicted octanol–water partition coefficient (Wildman–Crippen LogP) is 3.18. The number of aliphatic hydroxyl groups is 1. The summed E-state index contributed by atoms with van der Waals surface area (Å²) in [4.78, 5) is 0. The van der Waals surface area contributed by atoms with Gasteiger partial charge < -0.3 is 5.11 Å². The van der Waals surface area contributed by atoms with Gasteiger partial charge in [-0.3, -0.25) is 0 Å². The third-order valence-corrected chi connectivity index (χ3v) is 3.09. The quantitative estimate of drug-likeness (QED) is 0.763. The minimum Gasteiger partial charge on any atom is -0.390 e. The first kappa shape index (κ1) is 11.3. The van der Waals surface area contributed by atoms with E-state index in [2.05, 4.69) is 39.0 Å². The van der Waals surface area contributed by atoms with E-state index in [0.717, 1.165) is 0 Å². The molecule has 1 atom stereocenters. The van der Waals surface area contributed by atoms with Crippen LogP contribution in [0.4, 0.5) is 0 Å². The second kappa shape index (κ2) is 3.74. The highest BCUT2D eigenvalue weighted by atomic mass is 16.3. The lowest BCUT2D eigenvalue weighted by Crippen LogP contribution is -2.26. The molecule has 0 spiro atoms. The molecule has 0 fully saturated rings. The molecule has 0 amide bonds. The highest BCUT2D eigenvalue weighted by Crippen LogP contribution is 2.28. The van der Waals surface area contributed by atoms with Crippen LogP contribution >= 0.6 is 0 Å². The smallest absolute Gasteiger partial charge is 0.0657 e. The van der Waals surface area contributed by atoms with E-state index in [0.29, 0.717) is 0 Å². The first-order valence-corrected chi connectivity index (χ1v) is 5.12. The lowest BCUT2D eigenvalue weighted by Gasteiger charge is -2.26. The maximum atomic E-state index is 9.90. The molecule has 1 aromatic carbocycles. The molecule has 0 radical (unpaired) electrons. The molecule has 0 bridgehead atoms. The van der Waals surface area contributed by atoms with E-state index >= 15 is 0 Å². The Bertz CT molecular complexity index is 320. The largest absolute Gasteiger partial charge is 0.390 e. The summed E-state index contributed by atoms with van der Waals surface area (Å²) in [5.41, 5.74) is 3.15. The molecule has 0 unspecified atom stereocenters. The van der Waals surface area contributed by atoms with Gasteiger partial charge >= 0.3 is 0 Å². The Morgan fingerprint density at radius 1 is 1.14 bits per heavy atom. The monoisotopic (exact) mass is 192 g/mol. The maximum absolute atomic E-state index is 9.90. The van der Waals surface area contributed by atoms with Crippen molar-refractivity contribution in [1.82, 2.24) is 0 Å². The fourth-order valence-corrected chi connectivity index (χ4v) is 1.44. The molecule has 0 aliphatic carbocycles. The van der Waals surface area contributed by atoms with Crippen molar-refractivity contribution in [2.24, 2.45) is 0 Å². The Morgan fingerprint density at radius 2 is 1.71 bits per heavy atom. The van der Waals surface area contributed by atoms with Crippen molar-refractivity contribution in [3.63, 3.8) is 0 Å². The lowest BCUT2D eigenvalue weighted by atomic mass is 9.85. The fourth-order valence-electron chi connectivity index (χ4n) is 1.44. The van der Waals surface area contributed by atoms with E-state index in [9.17, 15) is 5.11 Å². The van der Waals surface area contributed by atoms with Gasteiger partial charge in [-0.25, -0.2) is 0 Å². The van der Waals surface area contributed by atoms with Crippen LogP contribution in [0.15, 0.2) is 18.2 Å². The van der Waals surface area contributed by atoms with Crippen molar-refractivity contribution in [3.8, 4) is 0 Å². The Kier molecular flexibility index (Phi) is 3.01. The van der Waals surface area contributed by atoms with E-state index in [4.69, 9.17) is 0 Å². The van der Waals surface area contributed by atoms with Gasteiger partial charge in [-0.05, 0) is 44.4 Å². The molecule has 1 rings (SSSR count). The molecule has 0 aromatic heterocycles. The predicted molar refractivity (Wildman–Crippen MR) is 60.6 cm³/mol. The molecule has 1 heteroatoms. The van der Waals surface area contributed by atoms with E-state index in [1.807, 2.05) is 13.8 Å². The Hall–Kier alpha value is -0.820. The molecular weight excluding hydrogens is 172 g/mol. The first-order valence-electron chi connectivity index (χ1n) is 5.12. The molecular formula is C13H20O. The summed E-state index contributed by atoms with van der Waals surface area (Å²) in [5, 5.41) is 9.90. The average Bonchev–Trinajstić information content (AvgIpc) is 2.07. The molecule has 0 aliphatic heterocycles. The minimum absolute atomic E-state index is 0.168. The zero-order valence-electron chi connectivity index (χ0n) is 9.76. The second-order valence-corrected chi connectivity index (χ2v) is 4.72. The van der Waals surface area contributed by atoms with Crippen molar-refractivity contribution < 1.29 is 5.11 Å². The summed E-state index contributed by atoms with van der Waals surface area (Å²) < 4.78 is 0. The van der Waals surface area contributed by atoms with Gasteiger partial charge in [0.05, 0.1) is 5.60 Å². The van der Waals surface area contributed by atoms with Crippen molar-refractivity contribution in [1.29, 1.82) is 0 Å². The van der Waals surface area contributed by atoms with Crippen molar-refractivity contribution in [3.05, 3.63) is 34.9 Å². The van der Waals surface area contributed by atoms with Crippen molar-refractivity contribution in [2.45, 2.75) is 46.1 Å². The Labute approximate surface area is 86.8 Å². The summed E-state index contributed by atoms with van der Waals surface area (Å²) in [6.45, 7) is 9.98. The van der Waals surface area contributed by atoms with Crippen molar-refractivity contribution in [2.75, 3.05) is 0 Å². The van der Waals surface area contributed by atoms with Crippen LogP contribution in [0, 0.1) is 13.8 Å². The summed E-state index contributed by atoms with van der Waals surface area (Å²) in [5.74, 6) is 0.168. The molecule has 1 aromatic rings. The number of benzene rings is 1. The van der Waals surface area contributed by atoms with Crippen molar-refractivity contribution >= 4 is 0 Å². The van der Waals surface area contributed by atoms with Crippen LogP contribution < -0.4 is 0 Å². The molecule has 1 nitrogen and oxygen atoms in total. The molecule has 0 saturated carbocycles. The van der Waals surface area contributed by atoms with Gasteiger partial charge in [0, 0.05) is 5.92 Å². The molecule has 1 N–H and O–H groups in total. The average molecular weight is 192 g/mol. The normalized spacial score (nSPS) is 14.1. The van der Waals surface area contributed by atoms with Crippen LogP contribution in [0.3, 0.4) is 0 Å². The number of hydrogen-bond acceptors (Lipinski definition) is 1. The Morgan fingerprint density at radius 3 is 2.14 bits per heavy atom. The standard InChI is InChI=1S/C13H20O/c1-9-6-7-12(8-10(9)2)11(3)13(4,5)14/h6-8,11,14H,1-5H3/t11-/m1/s1. The van der Waals surface area contributed by atoms with E-state index in [1.54, 1.807) is 0 Å². The van der Waals surface area contributed by atoms with Gasteiger partial charge in [-0.15, -0.1) is 0 Å². The van der Waals surface area contributed by atoms with E-state index in [1.165, 1.54) is 16.7 Å². The third kappa shape index (κ3) is 2.36. The molecule has 0 heterocycles. The van der Waals surface area contributed by atoms with E-state index < -0.39 is 5.60 Å². The summed E-state index contributed by atoms with van der Waals surface area (Å²) in [6.07, 6.45) is 0. The van der Waals surface area contributed by atoms with Gasteiger partial charge in [0.25, 0.3) is 0 Å². The Balaban J connectivity index is 3.03. The van der Waals surface area contributed by atoms with Crippen LogP contribution in [-0.4, -0.2) is 10.7 Å². The van der Waals surface area contributed by atoms with Gasteiger partial charge in [0.15, 0.2) is 0 Å². The van der Waals surface area contributed by atoms with Crippen LogP contribution in [0.5, 0.6) is 0 Å². The van der Waals surface area contributed by atoms with Gasteiger partial charge in [0.1, 0.15) is 0 Å². The molecule has 0 saturated heterocycles. The summed E-state index contributed by atoms with van der Waals surface area (Å²) in [7, 11) is 0. The zero-order valence-corrected chi connectivity index (χ0v) is 9.76. The molecule has 78 valence electrons. The molecule has 0 aliphatic rings. The first-order chi connectivity index (χ1) is 6.32. The fraction of sp³-hybridized carbons (Fsp3) is 0.538. The van der Waals surface area contributed by atoms with Gasteiger partial charge in [-0.1, -0.05) is 25.1 Å². The van der Waals surface area contributed by atoms with E-state index in [-0.39, 0.29) is 5.92 Å². The highest BCUT2D eigenvalue weighted by Gasteiger charge is 2.23. The van der Waals surface area contributed by atoms with Crippen LogP contribution in [0.2, 0.25) is 0 Å². The summed E-state index contributed by atoms with van der Waals surface area (Å²) >= 11 is 0. The zero-order chi connectivity index (χ0) is 10.9. The lowest BCUT2D eigenvalue weighted by molar-refractivity contribution is 0.0559. The third-order valence-electron chi connectivity index (χ3n) is 3.09. The maximum Gasteiger partial charge on any atom is 0.0657 e.